The summed E-state index contributed by atoms with van der Waals surface area (Å²) in [6.45, 7) is 3.84. The molecule has 1 aromatic carbocycles. The van der Waals surface area contributed by atoms with Crippen molar-refractivity contribution in [2.24, 2.45) is 0 Å². The molecule has 0 aliphatic rings. The van der Waals surface area contributed by atoms with Crippen molar-refractivity contribution < 1.29 is 13.9 Å². The molecule has 2 aromatic rings. The monoisotopic (exact) mass is 259 g/mol. The van der Waals surface area contributed by atoms with Crippen LogP contribution in [0.25, 0.3) is 11.1 Å². The van der Waals surface area contributed by atoms with Gasteiger partial charge in [0.2, 0.25) is 0 Å². The molecule has 0 aliphatic heterocycles. The zero-order valence-electron chi connectivity index (χ0n) is 10.8. The van der Waals surface area contributed by atoms with Crippen LogP contribution in [0.2, 0.25) is 0 Å². The summed E-state index contributed by atoms with van der Waals surface area (Å²) in [4.78, 5) is 15.1. The number of ether oxygens (including phenoxy) is 1. The van der Waals surface area contributed by atoms with Crippen molar-refractivity contribution in [3.63, 3.8) is 0 Å². The van der Waals surface area contributed by atoms with Crippen LogP contribution in [-0.4, -0.2) is 17.4 Å². The van der Waals surface area contributed by atoms with Crippen LogP contribution in [0.15, 0.2) is 36.7 Å². The van der Waals surface area contributed by atoms with E-state index in [4.69, 9.17) is 4.74 Å². The van der Waals surface area contributed by atoms with Crippen molar-refractivity contribution in [1.29, 1.82) is 0 Å². The third-order valence-electron chi connectivity index (χ3n) is 2.54. The van der Waals surface area contributed by atoms with Gasteiger partial charge < -0.3 is 4.74 Å². The Hall–Kier alpha value is -2.23. The molecule has 0 atom stereocenters. The lowest BCUT2D eigenvalue weighted by atomic mass is 10.0. The third-order valence-corrected chi connectivity index (χ3v) is 2.54. The minimum absolute atomic E-state index is 0.0378. The Morgan fingerprint density at radius 3 is 2.74 bits per heavy atom. The Bertz CT molecular complexity index is 596. The van der Waals surface area contributed by atoms with Gasteiger partial charge >= 0.3 is 0 Å². The van der Waals surface area contributed by atoms with Crippen molar-refractivity contribution in [1.82, 2.24) is 4.98 Å². The van der Waals surface area contributed by atoms with Gasteiger partial charge in [-0.2, -0.15) is 0 Å². The number of halogens is 1. The third kappa shape index (κ3) is 3.16. The molecule has 0 saturated carbocycles. The summed E-state index contributed by atoms with van der Waals surface area (Å²) in [5, 5.41) is 0. The first-order valence-electron chi connectivity index (χ1n) is 5.97. The van der Waals surface area contributed by atoms with Gasteiger partial charge in [-0.15, -0.1) is 0 Å². The van der Waals surface area contributed by atoms with Crippen LogP contribution in [0, 0.1) is 5.82 Å². The fourth-order valence-electron chi connectivity index (χ4n) is 1.80. The normalized spacial score (nSPS) is 10.5. The van der Waals surface area contributed by atoms with Crippen LogP contribution >= 0.6 is 0 Å². The molecule has 1 heterocycles. The second-order valence-electron chi connectivity index (χ2n) is 4.43. The number of hydrogen-bond donors (Lipinski definition) is 0. The number of aromatic nitrogens is 1. The minimum atomic E-state index is -0.437. The number of nitrogens with zero attached hydrogens (tertiary/aromatic N) is 1. The number of pyridine rings is 1. The van der Waals surface area contributed by atoms with Crippen LogP contribution in [0.4, 0.5) is 4.39 Å². The summed E-state index contributed by atoms with van der Waals surface area (Å²) in [7, 11) is 0. The lowest BCUT2D eigenvalue weighted by Crippen LogP contribution is -2.05. The lowest BCUT2D eigenvalue weighted by Gasteiger charge is -2.11. The Morgan fingerprint density at radius 2 is 2.05 bits per heavy atom. The van der Waals surface area contributed by atoms with Crippen molar-refractivity contribution >= 4 is 6.29 Å². The van der Waals surface area contributed by atoms with Crippen molar-refractivity contribution in [3.8, 4) is 16.9 Å². The first-order chi connectivity index (χ1) is 9.10. The van der Waals surface area contributed by atoms with Gasteiger partial charge in [0.15, 0.2) is 6.29 Å². The summed E-state index contributed by atoms with van der Waals surface area (Å²) in [6.07, 6.45) is 3.89. The maximum Gasteiger partial charge on any atom is 0.150 e. The molecule has 0 unspecified atom stereocenters. The summed E-state index contributed by atoms with van der Waals surface area (Å²) in [5.41, 5.74) is 1.65. The molecule has 4 heteroatoms. The number of rotatable bonds is 4. The fourth-order valence-corrected chi connectivity index (χ4v) is 1.80. The average molecular weight is 259 g/mol. The summed E-state index contributed by atoms with van der Waals surface area (Å²) in [6, 6.07) is 5.87. The molecule has 0 aliphatic carbocycles. The number of aldehydes is 1. The summed E-state index contributed by atoms with van der Waals surface area (Å²) >= 11 is 0. The van der Waals surface area contributed by atoms with Crippen LogP contribution in [0.5, 0.6) is 5.75 Å². The smallest absolute Gasteiger partial charge is 0.150 e. The second-order valence-corrected chi connectivity index (χ2v) is 4.43. The van der Waals surface area contributed by atoms with Crippen LogP contribution in [0.3, 0.4) is 0 Å². The van der Waals surface area contributed by atoms with E-state index in [2.05, 4.69) is 4.98 Å². The van der Waals surface area contributed by atoms with Crippen LogP contribution < -0.4 is 4.74 Å². The van der Waals surface area contributed by atoms with Gasteiger partial charge in [-0.05, 0) is 37.6 Å². The minimum Gasteiger partial charge on any atom is -0.489 e. The highest BCUT2D eigenvalue weighted by Crippen LogP contribution is 2.26. The molecule has 2 rings (SSSR count). The van der Waals surface area contributed by atoms with E-state index in [1.54, 1.807) is 24.5 Å². The Morgan fingerprint density at radius 1 is 1.26 bits per heavy atom. The van der Waals surface area contributed by atoms with Gasteiger partial charge in [0.05, 0.1) is 12.3 Å². The van der Waals surface area contributed by atoms with E-state index in [-0.39, 0.29) is 6.10 Å². The molecule has 19 heavy (non-hydrogen) atoms. The largest absolute Gasteiger partial charge is 0.489 e. The molecule has 0 spiro atoms. The number of carbonyl (C=O) groups is 1. The van der Waals surface area contributed by atoms with E-state index in [0.717, 1.165) is 5.56 Å². The van der Waals surface area contributed by atoms with E-state index in [1.165, 1.54) is 12.1 Å². The van der Waals surface area contributed by atoms with Gasteiger partial charge in [0, 0.05) is 17.3 Å². The number of benzene rings is 1. The second kappa shape index (κ2) is 5.61. The molecule has 0 bridgehead atoms. The first kappa shape index (κ1) is 13.2. The van der Waals surface area contributed by atoms with Crippen molar-refractivity contribution in [2.75, 3.05) is 0 Å². The van der Waals surface area contributed by atoms with E-state index in [0.29, 0.717) is 23.2 Å². The van der Waals surface area contributed by atoms with E-state index in [9.17, 15) is 9.18 Å². The molecule has 3 nitrogen and oxygen atoms in total. The van der Waals surface area contributed by atoms with E-state index in [1.807, 2.05) is 13.8 Å². The van der Waals surface area contributed by atoms with Gasteiger partial charge in [-0.25, -0.2) is 4.39 Å². The highest BCUT2D eigenvalue weighted by Gasteiger charge is 2.08. The Kier molecular flexibility index (Phi) is 3.90. The van der Waals surface area contributed by atoms with Gasteiger partial charge in [-0.3, -0.25) is 9.78 Å². The standard InChI is InChI=1S/C15H14FNO2/c1-10(2)19-14-6-11(7-17-8-14)15-4-3-13(16)5-12(15)9-18/h3-10H,1-2H3. The fraction of sp³-hybridized carbons (Fsp3) is 0.200. The zero-order chi connectivity index (χ0) is 13.8. The van der Waals surface area contributed by atoms with Crippen molar-refractivity contribution in [2.45, 2.75) is 20.0 Å². The zero-order valence-corrected chi connectivity index (χ0v) is 10.8. The molecule has 98 valence electrons. The molecule has 0 radical (unpaired) electrons. The molecular weight excluding hydrogens is 245 g/mol. The molecule has 0 amide bonds. The molecule has 0 fully saturated rings. The van der Waals surface area contributed by atoms with Crippen molar-refractivity contribution in [3.05, 3.63) is 48.0 Å². The van der Waals surface area contributed by atoms with E-state index >= 15 is 0 Å². The molecule has 0 saturated heterocycles. The number of carbonyl (C=O) groups excluding carboxylic acids is 1. The topological polar surface area (TPSA) is 39.2 Å². The SMILES string of the molecule is CC(C)Oc1cncc(-c2ccc(F)cc2C=O)c1. The van der Waals surface area contributed by atoms with Crippen LogP contribution in [0.1, 0.15) is 24.2 Å². The average Bonchev–Trinajstić information content (AvgIpc) is 2.38. The predicted octanol–water partition coefficient (Wildman–Crippen LogP) is 3.49. The highest BCUT2D eigenvalue weighted by molar-refractivity contribution is 5.87. The van der Waals surface area contributed by atoms with Crippen LogP contribution in [-0.2, 0) is 0 Å². The lowest BCUT2D eigenvalue weighted by molar-refractivity contribution is 0.112. The maximum atomic E-state index is 13.1. The molecular formula is C15H14FNO2. The highest BCUT2D eigenvalue weighted by atomic mass is 19.1. The Balaban J connectivity index is 2.44. The molecule has 0 N–H and O–H groups in total. The van der Waals surface area contributed by atoms with Gasteiger partial charge in [0.25, 0.3) is 0 Å². The number of hydrogen-bond acceptors (Lipinski definition) is 3. The molecule has 1 aromatic heterocycles. The maximum absolute atomic E-state index is 13.1. The quantitative estimate of drug-likeness (QED) is 0.789. The van der Waals surface area contributed by atoms with Gasteiger partial charge in [-0.1, -0.05) is 6.07 Å². The summed E-state index contributed by atoms with van der Waals surface area (Å²) < 4.78 is 18.7. The summed E-state index contributed by atoms with van der Waals surface area (Å²) in [5.74, 6) is 0.182. The first-order valence-corrected chi connectivity index (χ1v) is 5.97. The predicted molar refractivity (Wildman–Crippen MR) is 70.8 cm³/mol. The van der Waals surface area contributed by atoms with E-state index < -0.39 is 5.82 Å². The van der Waals surface area contributed by atoms with Gasteiger partial charge in [0.1, 0.15) is 11.6 Å². The Labute approximate surface area is 111 Å².